The van der Waals surface area contributed by atoms with Crippen LogP contribution in [-0.2, 0) is 11.7 Å². The van der Waals surface area contributed by atoms with Gasteiger partial charge in [0.25, 0.3) is 0 Å². The van der Waals surface area contributed by atoms with Crippen LogP contribution in [0.15, 0.2) is 30.6 Å². The molecule has 0 N–H and O–H groups in total. The van der Waals surface area contributed by atoms with Gasteiger partial charge in [-0.15, -0.1) is 0 Å². The van der Waals surface area contributed by atoms with Gasteiger partial charge >= 0.3 is 0 Å². The molecule has 0 atom stereocenters. The molecule has 0 bridgehead atoms. The van der Waals surface area contributed by atoms with Crippen LogP contribution in [0.1, 0.15) is 6.42 Å². The maximum absolute atomic E-state index is 10.3. The highest BCUT2D eigenvalue weighted by atomic mass is 16.3. The molecule has 2 rings (SSSR count). The standard InChI is InChI=1S/C10H11N2O/c13-7-3-6-12-8-11-9-4-1-2-5-10(9)12/h1-2,4-5,8H,3,6-7H2. The van der Waals surface area contributed by atoms with Crippen LogP contribution in [-0.4, -0.2) is 16.2 Å². The number of aromatic nitrogens is 2. The summed E-state index contributed by atoms with van der Waals surface area (Å²) in [5.41, 5.74) is 2.10. The van der Waals surface area contributed by atoms with Gasteiger partial charge in [0.1, 0.15) is 0 Å². The molecule has 0 fully saturated rings. The van der Waals surface area contributed by atoms with Crippen molar-refractivity contribution in [3.8, 4) is 0 Å². The molecule has 1 aromatic heterocycles. The Balaban J connectivity index is 2.35. The van der Waals surface area contributed by atoms with E-state index in [0.717, 1.165) is 17.6 Å². The summed E-state index contributed by atoms with van der Waals surface area (Å²) in [7, 11) is 0. The topological polar surface area (TPSA) is 37.7 Å². The smallest absolute Gasteiger partial charge is 0.0958 e. The number of hydrogen-bond donors (Lipinski definition) is 0. The van der Waals surface area contributed by atoms with E-state index in [1.807, 2.05) is 28.8 Å². The van der Waals surface area contributed by atoms with Gasteiger partial charge in [-0.05, 0) is 18.6 Å². The zero-order chi connectivity index (χ0) is 9.10. The molecule has 0 amide bonds. The molecule has 67 valence electrons. The van der Waals surface area contributed by atoms with Gasteiger partial charge in [-0.2, -0.15) is 0 Å². The van der Waals surface area contributed by atoms with Gasteiger partial charge in [0.2, 0.25) is 0 Å². The highest BCUT2D eigenvalue weighted by molar-refractivity contribution is 5.74. The van der Waals surface area contributed by atoms with E-state index in [1.165, 1.54) is 0 Å². The van der Waals surface area contributed by atoms with Gasteiger partial charge in [0.05, 0.1) is 24.0 Å². The number of para-hydroxylation sites is 2. The summed E-state index contributed by atoms with van der Waals surface area (Å²) in [6.45, 7) is 0.747. The second kappa shape index (κ2) is 3.58. The minimum atomic E-state index is -0.0213. The summed E-state index contributed by atoms with van der Waals surface area (Å²) in [5.74, 6) is 0. The van der Waals surface area contributed by atoms with Gasteiger partial charge in [-0.25, -0.2) is 10.1 Å². The molecule has 13 heavy (non-hydrogen) atoms. The van der Waals surface area contributed by atoms with Crippen molar-refractivity contribution in [2.75, 3.05) is 6.61 Å². The number of hydrogen-bond acceptors (Lipinski definition) is 1. The largest absolute Gasteiger partial charge is 0.331 e. The predicted molar refractivity (Wildman–Crippen MR) is 49.9 cm³/mol. The Morgan fingerprint density at radius 2 is 2.15 bits per heavy atom. The molecule has 3 heteroatoms. The molecule has 0 spiro atoms. The van der Waals surface area contributed by atoms with E-state index in [-0.39, 0.29) is 6.61 Å². The number of aryl methyl sites for hydroxylation is 1. The van der Waals surface area contributed by atoms with Crippen LogP contribution in [0.5, 0.6) is 0 Å². The van der Waals surface area contributed by atoms with Crippen LogP contribution in [0.4, 0.5) is 0 Å². The van der Waals surface area contributed by atoms with Crippen LogP contribution in [0, 0.1) is 0 Å². The lowest BCUT2D eigenvalue weighted by molar-refractivity contribution is 0.184. The molecule has 0 aliphatic heterocycles. The predicted octanol–water partition coefficient (Wildman–Crippen LogP) is 1.86. The Bertz CT molecular complexity index is 394. The van der Waals surface area contributed by atoms with Crippen molar-refractivity contribution in [1.29, 1.82) is 0 Å². The van der Waals surface area contributed by atoms with Crippen molar-refractivity contribution in [2.24, 2.45) is 0 Å². The summed E-state index contributed by atoms with van der Waals surface area (Å²) < 4.78 is 2.02. The van der Waals surface area contributed by atoms with Crippen molar-refractivity contribution in [3.63, 3.8) is 0 Å². The zero-order valence-corrected chi connectivity index (χ0v) is 7.31. The van der Waals surface area contributed by atoms with Gasteiger partial charge in [-0.3, -0.25) is 0 Å². The highest BCUT2D eigenvalue weighted by Crippen LogP contribution is 2.11. The van der Waals surface area contributed by atoms with Crippen molar-refractivity contribution >= 4 is 11.0 Å². The fourth-order valence-electron chi connectivity index (χ4n) is 1.42. The van der Waals surface area contributed by atoms with E-state index in [0.29, 0.717) is 6.42 Å². The molecule has 1 radical (unpaired) electrons. The molecule has 0 saturated heterocycles. The third kappa shape index (κ3) is 1.55. The molecule has 0 unspecified atom stereocenters. The quantitative estimate of drug-likeness (QED) is 0.701. The number of benzene rings is 1. The Morgan fingerprint density at radius 1 is 1.31 bits per heavy atom. The molecule has 0 aliphatic rings. The first-order valence-corrected chi connectivity index (χ1v) is 4.40. The van der Waals surface area contributed by atoms with E-state index >= 15 is 0 Å². The van der Waals surface area contributed by atoms with Crippen molar-refractivity contribution < 1.29 is 5.11 Å². The van der Waals surface area contributed by atoms with Gasteiger partial charge in [0, 0.05) is 6.54 Å². The lowest BCUT2D eigenvalue weighted by Crippen LogP contribution is -1.97. The second-order valence-corrected chi connectivity index (χ2v) is 2.98. The Morgan fingerprint density at radius 3 is 3.00 bits per heavy atom. The van der Waals surface area contributed by atoms with Crippen LogP contribution < -0.4 is 0 Å². The normalized spacial score (nSPS) is 10.8. The number of fused-ring (bicyclic) bond motifs is 1. The van der Waals surface area contributed by atoms with Crippen LogP contribution in [0.2, 0.25) is 0 Å². The molecule has 0 saturated carbocycles. The molecular weight excluding hydrogens is 164 g/mol. The molecule has 1 aromatic carbocycles. The Hall–Kier alpha value is -1.35. The molecular formula is C10H11N2O. The minimum Gasteiger partial charge on any atom is -0.331 e. The first kappa shape index (κ1) is 8.26. The van der Waals surface area contributed by atoms with Crippen molar-refractivity contribution in [1.82, 2.24) is 9.55 Å². The van der Waals surface area contributed by atoms with Gasteiger partial charge < -0.3 is 4.57 Å². The van der Waals surface area contributed by atoms with E-state index in [2.05, 4.69) is 4.98 Å². The second-order valence-electron chi connectivity index (χ2n) is 2.98. The molecule has 3 nitrogen and oxygen atoms in total. The summed E-state index contributed by atoms with van der Waals surface area (Å²) in [5, 5.41) is 10.3. The summed E-state index contributed by atoms with van der Waals surface area (Å²) in [6.07, 6.45) is 2.46. The first-order chi connectivity index (χ1) is 6.42. The van der Waals surface area contributed by atoms with E-state index in [4.69, 9.17) is 0 Å². The van der Waals surface area contributed by atoms with Crippen LogP contribution in [0.25, 0.3) is 11.0 Å². The van der Waals surface area contributed by atoms with Crippen LogP contribution in [0.3, 0.4) is 0 Å². The molecule has 0 aliphatic carbocycles. The molecule has 1 heterocycles. The van der Waals surface area contributed by atoms with Crippen molar-refractivity contribution in [3.05, 3.63) is 30.6 Å². The average Bonchev–Trinajstić information content (AvgIpc) is 2.58. The summed E-state index contributed by atoms with van der Waals surface area (Å²) in [6, 6.07) is 7.95. The Labute approximate surface area is 76.6 Å². The lowest BCUT2D eigenvalue weighted by Gasteiger charge is -2.00. The summed E-state index contributed by atoms with van der Waals surface area (Å²) >= 11 is 0. The van der Waals surface area contributed by atoms with Crippen LogP contribution >= 0.6 is 0 Å². The maximum atomic E-state index is 10.3. The third-order valence-corrected chi connectivity index (χ3v) is 2.07. The average molecular weight is 175 g/mol. The SMILES string of the molecule is [O]CCCn1cnc2ccccc21. The number of imidazole rings is 1. The Kier molecular flexibility index (Phi) is 2.27. The van der Waals surface area contributed by atoms with Gasteiger partial charge in [-0.1, -0.05) is 12.1 Å². The molecule has 2 aromatic rings. The van der Waals surface area contributed by atoms with E-state index in [1.54, 1.807) is 6.33 Å². The first-order valence-electron chi connectivity index (χ1n) is 4.40. The number of rotatable bonds is 3. The number of nitrogens with zero attached hydrogens (tertiary/aromatic N) is 2. The van der Waals surface area contributed by atoms with E-state index < -0.39 is 0 Å². The fraction of sp³-hybridized carbons (Fsp3) is 0.300. The highest BCUT2D eigenvalue weighted by Gasteiger charge is 1.99. The van der Waals surface area contributed by atoms with Crippen molar-refractivity contribution in [2.45, 2.75) is 13.0 Å². The third-order valence-electron chi connectivity index (χ3n) is 2.07. The lowest BCUT2D eigenvalue weighted by atomic mass is 10.3. The van der Waals surface area contributed by atoms with E-state index in [9.17, 15) is 5.11 Å². The van der Waals surface area contributed by atoms with Gasteiger partial charge in [0.15, 0.2) is 0 Å². The summed E-state index contributed by atoms with van der Waals surface area (Å²) in [4.78, 5) is 4.23. The fourth-order valence-corrected chi connectivity index (χ4v) is 1.42. The minimum absolute atomic E-state index is 0.0213. The zero-order valence-electron chi connectivity index (χ0n) is 7.31. The maximum Gasteiger partial charge on any atom is 0.0958 e. The monoisotopic (exact) mass is 175 g/mol.